The number of morpholine rings is 1. The van der Waals surface area contributed by atoms with Gasteiger partial charge in [0.15, 0.2) is 0 Å². The lowest BCUT2D eigenvalue weighted by atomic mass is 10.2. The van der Waals surface area contributed by atoms with E-state index in [2.05, 4.69) is 33.3 Å². The highest BCUT2D eigenvalue weighted by Gasteiger charge is 2.10. The first-order valence-electron chi connectivity index (χ1n) is 7.69. The smallest absolute Gasteiger partial charge is 0.126 e. The van der Waals surface area contributed by atoms with Crippen LogP contribution in [0.3, 0.4) is 0 Å². The van der Waals surface area contributed by atoms with Gasteiger partial charge in [-0.05, 0) is 24.1 Å². The third kappa shape index (κ3) is 3.84. The van der Waals surface area contributed by atoms with Crippen molar-refractivity contribution in [1.29, 1.82) is 0 Å². The molecule has 0 amide bonds. The van der Waals surface area contributed by atoms with Crippen molar-refractivity contribution in [3.8, 4) is 0 Å². The number of ether oxygens (including phenoxy) is 1. The number of pyridine rings is 1. The van der Waals surface area contributed by atoms with Gasteiger partial charge in [-0.2, -0.15) is 5.10 Å². The van der Waals surface area contributed by atoms with Crippen molar-refractivity contribution in [2.24, 2.45) is 7.05 Å². The number of aromatic nitrogens is 3. The minimum atomic E-state index is 0.697. The maximum absolute atomic E-state index is 5.37. The van der Waals surface area contributed by atoms with Gasteiger partial charge in [0.05, 0.1) is 25.5 Å². The molecule has 6 nitrogen and oxygen atoms in total. The van der Waals surface area contributed by atoms with E-state index in [9.17, 15) is 0 Å². The number of hydrogen-bond donors (Lipinski definition) is 1. The van der Waals surface area contributed by atoms with E-state index in [1.54, 1.807) is 0 Å². The van der Waals surface area contributed by atoms with Crippen LogP contribution in [-0.2, 0) is 24.9 Å². The molecule has 6 heteroatoms. The highest BCUT2D eigenvalue weighted by atomic mass is 16.5. The first-order valence-corrected chi connectivity index (χ1v) is 7.69. The van der Waals surface area contributed by atoms with Crippen molar-refractivity contribution in [2.45, 2.75) is 20.0 Å². The number of nitrogens with one attached hydrogen (secondary N) is 1. The van der Waals surface area contributed by atoms with Gasteiger partial charge in [0.2, 0.25) is 0 Å². The molecule has 1 fully saturated rings. The molecule has 3 heterocycles. The van der Waals surface area contributed by atoms with Crippen LogP contribution in [0.4, 0.5) is 5.82 Å². The second-order valence-electron chi connectivity index (χ2n) is 5.73. The summed E-state index contributed by atoms with van der Waals surface area (Å²) in [5, 5.41) is 7.75. The molecular formula is C16H23N5O. The standard InChI is InChI=1S/C16H23N5O/c1-13-11-20(2)19-15(13)10-18-16-4-3-14(9-17-16)12-21-5-7-22-8-6-21/h3-4,9,11H,5-8,10,12H2,1-2H3,(H,17,18). The van der Waals surface area contributed by atoms with Gasteiger partial charge in [-0.15, -0.1) is 0 Å². The number of hydrogen-bond acceptors (Lipinski definition) is 5. The van der Waals surface area contributed by atoms with E-state index in [-0.39, 0.29) is 0 Å². The molecule has 0 unspecified atom stereocenters. The number of anilines is 1. The summed E-state index contributed by atoms with van der Waals surface area (Å²) in [5.41, 5.74) is 3.49. The Bertz CT molecular complexity index is 601. The zero-order valence-electron chi connectivity index (χ0n) is 13.2. The van der Waals surface area contributed by atoms with Crippen molar-refractivity contribution < 1.29 is 4.74 Å². The maximum atomic E-state index is 5.37. The Morgan fingerprint density at radius 3 is 2.73 bits per heavy atom. The van der Waals surface area contributed by atoms with Gasteiger partial charge in [-0.3, -0.25) is 9.58 Å². The Labute approximate surface area is 131 Å². The van der Waals surface area contributed by atoms with Crippen LogP contribution in [0, 0.1) is 6.92 Å². The van der Waals surface area contributed by atoms with Crippen molar-refractivity contribution in [3.05, 3.63) is 41.3 Å². The fourth-order valence-corrected chi connectivity index (χ4v) is 2.64. The predicted molar refractivity (Wildman–Crippen MR) is 85.6 cm³/mol. The van der Waals surface area contributed by atoms with E-state index in [1.807, 2.05) is 30.2 Å². The average molecular weight is 301 g/mol. The van der Waals surface area contributed by atoms with E-state index in [0.29, 0.717) is 6.54 Å². The Kier molecular flexibility index (Phi) is 4.70. The molecule has 0 atom stereocenters. The monoisotopic (exact) mass is 301 g/mol. The first kappa shape index (κ1) is 15.0. The Morgan fingerprint density at radius 2 is 2.09 bits per heavy atom. The van der Waals surface area contributed by atoms with Gasteiger partial charge in [0, 0.05) is 39.1 Å². The Hall–Kier alpha value is -1.92. The van der Waals surface area contributed by atoms with E-state index in [1.165, 1.54) is 11.1 Å². The third-order valence-electron chi connectivity index (χ3n) is 3.89. The molecule has 1 aliphatic heterocycles. The molecule has 118 valence electrons. The van der Waals surface area contributed by atoms with Crippen LogP contribution in [0.15, 0.2) is 24.5 Å². The van der Waals surface area contributed by atoms with Crippen molar-refractivity contribution in [1.82, 2.24) is 19.7 Å². The summed E-state index contributed by atoms with van der Waals surface area (Å²) in [4.78, 5) is 6.89. The molecule has 2 aromatic heterocycles. The molecule has 3 rings (SSSR count). The predicted octanol–water partition coefficient (Wildman–Crippen LogP) is 1.57. The van der Waals surface area contributed by atoms with Crippen LogP contribution >= 0.6 is 0 Å². The largest absolute Gasteiger partial charge is 0.379 e. The molecule has 1 N–H and O–H groups in total. The maximum Gasteiger partial charge on any atom is 0.126 e. The van der Waals surface area contributed by atoms with E-state index >= 15 is 0 Å². The quantitative estimate of drug-likeness (QED) is 0.908. The lowest BCUT2D eigenvalue weighted by molar-refractivity contribution is 0.0341. The van der Waals surface area contributed by atoms with Crippen LogP contribution < -0.4 is 5.32 Å². The number of nitrogens with zero attached hydrogens (tertiary/aromatic N) is 4. The molecule has 0 aliphatic carbocycles. The summed E-state index contributed by atoms with van der Waals surface area (Å²) in [6.45, 7) is 7.37. The molecule has 0 bridgehead atoms. The number of rotatable bonds is 5. The van der Waals surface area contributed by atoms with Gasteiger partial charge >= 0.3 is 0 Å². The van der Waals surface area contributed by atoms with Crippen molar-refractivity contribution in [2.75, 3.05) is 31.6 Å². The normalized spacial score (nSPS) is 15.9. The summed E-state index contributed by atoms with van der Waals surface area (Å²) in [5.74, 6) is 0.885. The summed E-state index contributed by atoms with van der Waals surface area (Å²) in [7, 11) is 1.94. The van der Waals surface area contributed by atoms with Crippen molar-refractivity contribution in [3.63, 3.8) is 0 Å². The second kappa shape index (κ2) is 6.89. The molecule has 22 heavy (non-hydrogen) atoms. The van der Waals surface area contributed by atoms with Crippen LogP contribution in [0.2, 0.25) is 0 Å². The molecule has 0 aromatic carbocycles. The van der Waals surface area contributed by atoms with E-state index in [4.69, 9.17) is 4.74 Å². The third-order valence-corrected chi connectivity index (χ3v) is 3.89. The van der Waals surface area contributed by atoms with Crippen LogP contribution in [-0.4, -0.2) is 46.0 Å². The SMILES string of the molecule is Cc1cn(C)nc1CNc1ccc(CN2CCOCC2)cn1. The van der Waals surface area contributed by atoms with Gasteiger partial charge < -0.3 is 10.1 Å². The minimum absolute atomic E-state index is 0.697. The summed E-state index contributed by atoms with van der Waals surface area (Å²) < 4.78 is 7.21. The van der Waals surface area contributed by atoms with E-state index < -0.39 is 0 Å². The zero-order chi connectivity index (χ0) is 15.4. The van der Waals surface area contributed by atoms with Crippen LogP contribution in [0.5, 0.6) is 0 Å². The number of aryl methyl sites for hydroxylation is 2. The first-order chi connectivity index (χ1) is 10.7. The fraction of sp³-hybridized carbons (Fsp3) is 0.500. The lowest BCUT2D eigenvalue weighted by Gasteiger charge is -2.26. The highest BCUT2D eigenvalue weighted by molar-refractivity contribution is 5.36. The van der Waals surface area contributed by atoms with Crippen molar-refractivity contribution >= 4 is 5.82 Å². The summed E-state index contributed by atoms with van der Waals surface area (Å²) in [6, 6.07) is 4.17. The Balaban J connectivity index is 1.53. The van der Waals surface area contributed by atoms with Crippen LogP contribution in [0.1, 0.15) is 16.8 Å². The summed E-state index contributed by atoms with van der Waals surface area (Å²) in [6.07, 6.45) is 3.97. The van der Waals surface area contributed by atoms with Gasteiger partial charge in [0.1, 0.15) is 5.82 Å². The zero-order valence-corrected chi connectivity index (χ0v) is 13.2. The van der Waals surface area contributed by atoms with Gasteiger partial charge in [-0.25, -0.2) is 4.98 Å². The fourth-order valence-electron chi connectivity index (χ4n) is 2.64. The van der Waals surface area contributed by atoms with Gasteiger partial charge in [0.25, 0.3) is 0 Å². The molecule has 1 aliphatic rings. The topological polar surface area (TPSA) is 55.2 Å². The molecule has 0 saturated carbocycles. The van der Waals surface area contributed by atoms with E-state index in [0.717, 1.165) is 44.4 Å². The van der Waals surface area contributed by atoms with Crippen LogP contribution in [0.25, 0.3) is 0 Å². The second-order valence-corrected chi connectivity index (χ2v) is 5.73. The van der Waals surface area contributed by atoms with Gasteiger partial charge in [-0.1, -0.05) is 6.07 Å². The molecule has 0 radical (unpaired) electrons. The lowest BCUT2D eigenvalue weighted by Crippen LogP contribution is -2.35. The average Bonchev–Trinajstić information content (AvgIpc) is 2.85. The molecular weight excluding hydrogens is 278 g/mol. The molecule has 1 saturated heterocycles. The Morgan fingerprint density at radius 1 is 1.27 bits per heavy atom. The highest BCUT2D eigenvalue weighted by Crippen LogP contribution is 2.11. The molecule has 2 aromatic rings. The molecule has 0 spiro atoms. The minimum Gasteiger partial charge on any atom is -0.379 e. The summed E-state index contributed by atoms with van der Waals surface area (Å²) >= 11 is 0.